The van der Waals surface area contributed by atoms with Crippen LogP contribution in [0.15, 0.2) is 109 Å². The Morgan fingerprint density at radius 2 is 1.48 bits per heavy atom. The number of aliphatic hydroxyl groups excluding tert-OH is 2. The van der Waals surface area contributed by atoms with Crippen LogP contribution < -0.4 is 10.6 Å². The first-order valence-electron chi connectivity index (χ1n) is 16.9. The van der Waals surface area contributed by atoms with E-state index in [4.69, 9.17) is 14.2 Å². The molecule has 0 aliphatic carbocycles. The van der Waals surface area contributed by atoms with Crippen LogP contribution in [-0.4, -0.2) is 66.0 Å². The highest BCUT2D eigenvalue weighted by molar-refractivity contribution is 5.83. The summed E-state index contributed by atoms with van der Waals surface area (Å²) in [6.45, 7) is 2.79. The summed E-state index contributed by atoms with van der Waals surface area (Å²) in [5.41, 5.74) is 5.27. The summed E-state index contributed by atoms with van der Waals surface area (Å²) >= 11 is 0. The highest BCUT2D eigenvalue weighted by Crippen LogP contribution is 2.38. The van der Waals surface area contributed by atoms with Crippen molar-refractivity contribution in [2.24, 2.45) is 0 Å². The zero-order valence-corrected chi connectivity index (χ0v) is 28.8. The van der Waals surface area contributed by atoms with Gasteiger partial charge < -0.3 is 35.1 Å². The largest absolute Gasteiger partial charge is 0.467 e. The number of urea groups is 1. The average molecular weight is 682 g/mol. The third-order valence-electron chi connectivity index (χ3n) is 9.18. The van der Waals surface area contributed by atoms with Gasteiger partial charge in [-0.1, -0.05) is 109 Å². The molecule has 4 N–H and O–H groups in total. The molecular weight excluding hydrogens is 634 g/mol. The minimum absolute atomic E-state index is 0.0327. The van der Waals surface area contributed by atoms with E-state index in [1.165, 1.54) is 7.11 Å². The van der Waals surface area contributed by atoms with E-state index in [1.807, 2.05) is 123 Å². The van der Waals surface area contributed by atoms with Crippen molar-refractivity contribution in [3.8, 4) is 0 Å². The number of carbonyl (C=O) groups excluding carboxylic acids is 2. The van der Waals surface area contributed by atoms with Crippen molar-refractivity contribution in [2.75, 3.05) is 20.7 Å². The molecule has 1 fully saturated rings. The molecule has 0 bridgehead atoms. The molecule has 2 amide bonds. The fourth-order valence-corrected chi connectivity index (χ4v) is 6.06. The van der Waals surface area contributed by atoms with Crippen LogP contribution >= 0.6 is 0 Å². The predicted molar refractivity (Wildman–Crippen MR) is 190 cm³/mol. The summed E-state index contributed by atoms with van der Waals surface area (Å²) in [6, 6.07) is 33.0. The summed E-state index contributed by atoms with van der Waals surface area (Å²) < 4.78 is 17.9. The number of hydrogen-bond acceptors (Lipinski definition) is 8. The number of methoxy groups -OCH3 is 1. The van der Waals surface area contributed by atoms with E-state index in [0.29, 0.717) is 19.4 Å². The van der Waals surface area contributed by atoms with Gasteiger partial charge in [0, 0.05) is 37.5 Å². The van der Waals surface area contributed by atoms with Crippen LogP contribution in [0.25, 0.3) is 0 Å². The lowest BCUT2D eigenvalue weighted by Gasteiger charge is -2.39. The molecule has 5 rings (SSSR count). The first-order valence-corrected chi connectivity index (χ1v) is 16.9. The molecule has 0 saturated carbocycles. The second kappa shape index (κ2) is 17.9. The molecule has 4 aromatic carbocycles. The van der Waals surface area contributed by atoms with E-state index >= 15 is 0 Å². The molecule has 50 heavy (non-hydrogen) atoms. The Hall–Kier alpha value is -4.58. The lowest BCUT2D eigenvalue weighted by Crippen LogP contribution is -2.47. The quantitative estimate of drug-likeness (QED) is 0.131. The lowest BCUT2D eigenvalue weighted by molar-refractivity contribution is -0.253. The zero-order chi connectivity index (χ0) is 35.5. The standard InChI is InChI=1S/C40H47N3O7/c1-27(37(45)32-12-8-5-9-13-32)43(2)25-34-23-36(31-18-16-30(26-44)17-19-31)50-39(49-34)33-20-14-29(15-21-33)24-41-40(47)42-35(38(46)48-3)22-28-10-6-4-7-11-28/h4-21,27,34-37,39,44-45H,22-26H2,1-3H3,(H2,41,42,47)/t27-,34-,35+,36+,37-,39+/m1/s1. The molecule has 1 aliphatic rings. The Bertz CT molecular complexity index is 1640. The number of benzene rings is 4. The minimum Gasteiger partial charge on any atom is -0.467 e. The van der Waals surface area contributed by atoms with E-state index in [9.17, 15) is 19.8 Å². The Morgan fingerprint density at radius 3 is 2.12 bits per heavy atom. The summed E-state index contributed by atoms with van der Waals surface area (Å²) in [5.74, 6) is -0.519. The van der Waals surface area contributed by atoms with Crippen LogP contribution in [0.2, 0.25) is 0 Å². The smallest absolute Gasteiger partial charge is 0.328 e. The molecule has 0 unspecified atom stereocenters. The molecular formula is C40H47N3O7. The highest BCUT2D eigenvalue weighted by atomic mass is 16.7. The van der Waals surface area contributed by atoms with Gasteiger partial charge in [-0.15, -0.1) is 0 Å². The lowest BCUT2D eigenvalue weighted by atomic mass is 9.98. The number of amides is 2. The van der Waals surface area contributed by atoms with Gasteiger partial charge in [-0.3, -0.25) is 4.90 Å². The van der Waals surface area contributed by atoms with Crippen molar-refractivity contribution in [3.63, 3.8) is 0 Å². The Morgan fingerprint density at radius 1 is 0.860 bits per heavy atom. The van der Waals surface area contributed by atoms with Crippen LogP contribution in [-0.2, 0) is 38.6 Å². The molecule has 10 nitrogen and oxygen atoms in total. The first-order chi connectivity index (χ1) is 24.2. The monoisotopic (exact) mass is 681 g/mol. The average Bonchev–Trinajstić information content (AvgIpc) is 3.16. The van der Waals surface area contributed by atoms with E-state index < -0.39 is 30.4 Å². The van der Waals surface area contributed by atoms with Gasteiger partial charge in [0.25, 0.3) is 0 Å². The number of nitrogens with one attached hydrogen (secondary N) is 2. The van der Waals surface area contributed by atoms with Crippen LogP contribution in [0.4, 0.5) is 4.79 Å². The van der Waals surface area contributed by atoms with Crippen molar-refractivity contribution in [2.45, 2.75) is 69.6 Å². The number of nitrogens with zero attached hydrogens (tertiary/aromatic N) is 1. The number of esters is 1. The van der Waals surface area contributed by atoms with Crippen LogP contribution in [0, 0.1) is 0 Å². The van der Waals surface area contributed by atoms with E-state index in [1.54, 1.807) is 0 Å². The summed E-state index contributed by atoms with van der Waals surface area (Å²) in [7, 11) is 3.29. The fourth-order valence-electron chi connectivity index (χ4n) is 6.06. The van der Waals surface area contributed by atoms with Gasteiger partial charge in [-0.25, -0.2) is 9.59 Å². The number of hydrogen-bond donors (Lipinski definition) is 4. The van der Waals surface area contributed by atoms with Gasteiger partial charge >= 0.3 is 12.0 Å². The van der Waals surface area contributed by atoms with Crippen LogP contribution in [0.1, 0.15) is 65.2 Å². The molecule has 0 radical (unpaired) electrons. The Balaban J connectivity index is 1.23. The minimum atomic E-state index is -0.824. The third kappa shape index (κ3) is 9.99. The maximum atomic E-state index is 12.8. The molecule has 10 heteroatoms. The maximum absolute atomic E-state index is 12.8. The summed E-state index contributed by atoms with van der Waals surface area (Å²) in [4.78, 5) is 27.2. The van der Waals surface area contributed by atoms with Gasteiger partial charge in [0.1, 0.15) is 6.04 Å². The van der Waals surface area contributed by atoms with E-state index in [-0.39, 0.29) is 31.4 Å². The second-order valence-corrected chi connectivity index (χ2v) is 12.7. The van der Waals surface area contributed by atoms with Gasteiger partial charge in [-0.05, 0) is 41.8 Å². The molecule has 6 atom stereocenters. The Labute approximate surface area is 294 Å². The number of rotatable bonds is 14. The van der Waals surface area contributed by atoms with Crippen molar-refractivity contribution >= 4 is 12.0 Å². The number of aliphatic hydroxyl groups is 2. The molecule has 0 aromatic heterocycles. The molecule has 1 heterocycles. The summed E-state index contributed by atoms with van der Waals surface area (Å²) in [5, 5.41) is 26.2. The Kier molecular flexibility index (Phi) is 13.1. The first kappa shape index (κ1) is 36.7. The number of ether oxygens (including phenoxy) is 3. The van der Waals surface area contributed by atoms with Crippen LogP contribution in [0.5, 0.6) is 0 Å². The SMILES string of the molecule is COC(=O)[C@H](Cc1ccccc1)NC(=O)NCc1ccc([C@H]2O[C@@H](CN(C)[C@H](C)[C@@H](O)c3ccccc3)C[C@@H](c3ccc(CO)cc3)O2)cc1. The van der Waals surface area contributed by atoms with Gasteiger partial charge in [-0.2, -0.15) is 0 Å². The van der Waals surface area contributed by atoms with E-state index in [2.05, 4.69) is 15.5 Å². The van der Waals surface area contributed by atoms with Gasteiger partial charge in [0.15, 0.2) is 6.29 Å². The molecule has 1 aliphatic heterocycles. The molecule has 264 valence electrons. The van der Waals surface area contributed by atoms with Gasteiger partial charge in [0.05, 0.1) is 32.0 Å². The predicted octanol–water partition coefficient (Wildman–Crippen LogP) is 5.36. The van der Waals surface area contributed by atoms with Crippen molar-refractivity contribution in [1.82, 2.24) is 15.5 Å². The molecule has 1 saturated heterocycles. The zero-order valence-electron chi connectivity index (χ0n) is 28.8. The highest BCUT2D eigenvalue weighted by Gasteiger charge is 2.34. The van der Waals surface area contributed by atoms with Crippen LogP contribution in [0.3, 0.4) is 0 Å². The van der Waals surface area contributed by atoms with Crippen molar-refractivity contribution in [3.05, 3.63) is 143 Å². The fraction of sp³-hybridized carbons (Fsp3) is 0.350. The maximum Gasteiger partial charge on any atom is 0.328 e. The normalized spacial score (nSPS) is 19.3. The topological polar surface area (TPSA) is 130 Å². The van der Waals surface area contributed by atoms with Gasteiger partial charge in [0.2, 0.25) is 0 Å². The molecule has 0 spiro atoms. The number of carbonyl (C=O) groups is 2. The second-order valence-electron chi connectivity index (χ2n) is 12.7. The number of likely N-dealkylation sites (N-methyl/N-ethyl adjacent to an activating group) is 1. The third-order valence-corrected chi connectivity index (χ3v) is 9.18. The van der Waals surface area contributed by atoms with Crippen molar-refractivity contribution in [1.29, 1.82) is 0 Å². The molecule has 4 aromatic rings. The van der Waals surface area contributed by atoms with E-state index in [0.717, 1.165) is 33.4 Å². The summed E-state index contributed by atoms with van der Waals surface area (Å²) in [6.07, 6.45) is -0.831. The van der Waals surface area contributed by atoms with Crippen molar-refractivity contribution < 1.29 is 34.0 Å².